The number of nitrogens with zero attached hydrogens (tertiary/aromatic N) is 1. The van der Waals surface area contributed by atoms with Gasteiger partial charge in [0.05, 0.1) is 11.1 Å². The van der Waals surface area contributed by atoms with E-state index in [0.29, 0.717) is 16.7 Å². The van der Waals surface area contributed by atoms with E-state index in [1.54, 1.807) is 24.3 Å². The second-order valence-corrected chi connectivity index (χ2v) is 7.16. The second-order valence-electron chi connectivity index (χ2n) is 7.16. The van der Waals surface area contributed by atoms with Gasteiger partial charge in [0.2, 0.25) is 0 Å². The molecule has 0 fully saturated rings. The molecule has 1 nitrogen and oxygen atoms in total. The first-order valence-electron chi connectivity index (χ1n) is 10.2. The first-order valence-corrected chi connectivity index (χ1v) is 10.2. The lowest BCUT2D eigenvalue weighted by molar-refractivity contribution is 0.623. The summed E-state index contributed by atoms with van der Waals surface area (Å²) in [6.07, 6.45) is 4.68. The molecule has 0 atom stereocenters. The van der Waals surface area contributed by atoms with Crippen molar-refractivity contribution in [1.29, 1.82) is 5.26 Å². The summed E-state index contributed by atoms with van der Waals surface area (Å²) in [5, 5.41) is 8.76. The quantitative estimate of drug-likeness (QED) is 0.363. The van der Waals surface area contributed by atoms with Gasteiger partial charge in [0, 0.05) is 16.7 Å². The smallest absolute Gasteiger partial charge is 0.142 e. The lowest BCUT2D eigenvalue weighted by Gasteiger charge is -2.00. The minimum Gasteiger partial charge on any atom is -0.206 e. The van der Waals surface area contributed by atoms with Crippen molar-refractivity contribution < 1.29 is 8.78 Å². The first-order chi connectivity index (χ1) is 15.1. The number of hydrogen-bond donors (Lipinski definition) is 0. The van der Waals surface area contributed by atoms with Crippen LogP contribution >= 0.6 is 0 Å². The van der Waals surface area contributed by atoms with Crippen LogP contribution in [-0.2, 0) is 6.42 Å². The third kappa shape index (κ3) is 6.30. The maximum Gasteiger partial charge on any atom is 0.142 e. The summed E-state index contributed by atoms with van der Waals surface area (Å²) in [6, 6.07) is 18.5. The van der Waals surface area contributed by atoms with E-state index in [1.165, 1.54) is 43.0 Å². The Morgan fingerprint density at radius 3 is 1.77 bits per heavy atom. The van der Waals surface area contributed by atoms with Gasteiger partial charge in [-0.3, -0.25) is 0 Å². The van der Waals surface area contributed by atoms with E-state index in [9.17, 15) is 8.78 Å². The van der Waals surface area contributed by atoms with E-state index in [1.807, 2.05) is 12.1 Å². The summed E-state index contributed by atoms with van der Waals surface area (Å²) in [7, 11) is 0. The molecule has 0 unspecified atom stereocenters. The number of aryl methyl sites for hydroxylation is 1. The highest BCUT2D eigenvalue weighted by molar-refractivity contribution is 5.49. The molecule has 0 bridgehead atoms. The monoisotopic (exact) mass is 409 g/mol. The van der Waals surface area contributed by atoms with Gasteiger partial charge < -0.3 is 0 Å². The lowest BCUT2D eigenvalue weighted by Crippen LogP contribution is -1.88. The Morgan fingerprint density at radius 1 is 0.677 bits per heavy atom. The number of unbranched alkanes of at least 4 members (excludes halogenated alkanes) is 2. The van der Waals surface area contributed by atoms with Gasteiger partial charge in [-0.2, -0.15) is 5.26 Å². The Balaban J connectivity index is 1.70. The number of rotatable bonds is 4. The third-order valence-corrected chi connectivity index (χ3v) is 4.77. The Hall–Kier alpha value is -3.87. The molecular formula is C28H21F2N. The highest BCUT2D eigenvalue weighted by atomic mass is 19.1. The topological polar surface area (TPSA) is 23.8 Å². The largest absolute Gasteiger partial charge is 0.206 e. The maximum atomic E-state index is 14.4. The molecule has 0 aliphatic heterocycles. The van der Waals surface area contributed by atoms with Crippen LogP contribution in [0.5, 0.6) is 0 Å². The van der Waals surface area contributed by atoms with Crippen LogP contribution in [0.15, 0.2) is 60.7 Å². The molecule has 0 radical (unpaired) electrons. The predicted molar refractivity (Wildman–Crippen MR) is 119 cm³/mol. The van der Waals surface area contributed by atoms with Gasteiger partial charge in [0.15, 0.2) is 0 Å². The van der Waals surface area contributed by atoms with Crippen LogP contribution in [0.4, 0.5) is 8.78 Å². The molecule has 0 saturated heterocycles. The third-order valence-electron chi connectivity index (χ3n) is 4.77. The van der Waals surface area contributed by atoms with Gasteiger partial charge in [-0.25, -0.2) is 8.78 Å². The number of nitriles is 1. The molecule has 0 N–H and O–H groups in total. The zero-order chi connectivity index (χ0) is 22.1. The molecule has 3 rings (SSSR count). The van der Waals surface area contributed by atoms with Gasteiger partial charge >= 0.3 is 0 Å². The van der Waals surface area contributed by atoms with Crippen molar-refractivity contribution in [2.24, 2.45) is 0 Å². The molecule has 0 aromatic heterocycles. The fourth-order valence-electron chi connectivity index (χ4n) is 3.00. The first kappa shape index (κ1) is 21.8. The minimum atomic E-state index is -0.625. The number of halogens is 2. The standard InChI is InChI=1S/C28H21F2N/c1-2-3-4-5-21-6-8-22(9-7-21)12-15-25-16-13-23(18-27(25)29)10-11-24-14-17-26(20-31)28(30)19-24/h6-9,13-14,16-19H,2-5H2,1H3. The molecule has 31 heavy (non-hydrogen) atoms. The number of benzene rings is 3. The normalized spacial score (nSPS) is 9.74. The van der Waals surface area contributed by atoms with Crippen LogP contribution in [0.2, 0.25) is 0 Å². The van der Waals surface area contributed by atoms with Crippen molar-refractivity contribution in [2.45, 2.75) is 32.6 Å². The van der Waals surface area contributed by atoms with Gasteiger partial charge in [-0.1, -0.05) is 55.6 Å². The van der Waals surface area contributed by atoms with Crippen LogP contribution in [-0.4, -0.2) is 0 Å². The van der Waals surface area contributed by atoms with Crippen molar-refractivity contribution in [1.82, 2.24) is 0 Å². The average molecular weight is 409 g/mol. The SMILES string of the molecule is CCCCCc1ccc(C#Cc2ccc(C#Cc3ccc(C#N)c(F)c3)cc2F)cc1. The summed E-state index contributed by atoms with van der Waals surface area (Å²) in [5.74, 6) is 10.4. The molecule has 0 aliphatic carbocycles. The van der Waals surface area contributed by atoms with Gasteiger partial charge in [-0.15, -0.1) is 0 Å². The minimum absolute atomic E-state index is 0.0364. The molecule has 0 spiro atoms. The molecule has 3 aromatic rings. The fourth-order valence-corrected chi connectivity index (χ4v) is 3.00. The van der Waals surface area contributed by atoms with Gasteiger partial charge in [0.25, 0.3) is 0 Å². The van der Waals surface area contributed by atoms with E-state index in [0.717, 1.165) is 12.0 Å². The molecule has 0 amide bonds. The highest BCUT2D eigenvalue weighted by Crippen LogP contribution is 2.12. The molecule has 0 aliphatic rings. The van der Waals surface area contributed by atoms with E-state index in [-0.39, 0.29) is 5.56 Å². The van der Waals surface area contributed by atoms with Gasteiger partial charge in [-0.05, 0) is 66.9 Å². The summed E-state index contributed by atoms with van der Waals surface area (Å²) < 4.78 is 28.1. The summed E-state index contributed by atoms with van der Waals surface area (Å²) in [5.41, 5.74) is 3.26. The Kier molecular flexibility index (Phi) is 7.59. The Bertz CT molecular complexity index is 1230. The molecule has 0 heterocycles. The molecule has 152 valence electrons. The van der Waals surface area contributed by atoms with Crippen molar-refractivity contribution in [2.75, 3.05) is 0 Å². The molecule has 3 aromatic carbocycles. The summed E-state index contributed by atoms with van der Waals surface area (Å²) in [4.78, 5) is 0. The van der Waals surface area contributed by atoms with Crippen LogP contribution in [0, 0.1) is 46.6 Å². The Morgan fingerprint density at radius 2 is 1.23 bits per heavy atom. The summed E-state index contributed by atoms with van der Waals surface area (Å²) >= 11 is 0. The van der Waals surface area contributed by atoms with Crippen LogP contribution in [0.25, 0.3) is 0 Å². The van der Waals surface area contributed by atoms with Crippen LogP contribution in [0.3, 0.4) is 0 Å². The molecule has 0 saturated carbocycles. The van der Waals surface area contributed by atoms with Crippen LogP contribution in [0.1, 0.15) is 59.6 Å². The highest BCUT2D eigenvalue weighted by Gasteiger charge is 2.02. The predicted octanol–water partition coefficient (Wildman–Crippen LogP) is 6.37. The second kappa shape index (κ2) is 10.8. The Labute approximate surface area is 182 Å². The fraction of sp³-hybridized carbons (Fsp3) is 0.179. The maximum absolute atomic E-state index is 14.4. The van der Waals surface area contributed by atoms with E-state index < -0.39 is 11.6 Å². The van der Waals surface area contributed by atoms with E-state index in [2.05, 4.69) is 42.7 Å². The van der Waals surface area contributed by atoms with Crippen LogP contribution < -0.4 is 0 Å². The van der Waals surface area contributed by atoms with Crippen molar-refractivity contribution >= 4 is 0 Å². The zero-order valence-corrected chi connectivity index (χ0v) is 17.3. The van der Waals surface area contributed by atoms with Crippen molar-refractivity contribution in [3.05, 3.63) is 106 Å². The van der Waals surface area contributed by atoms with E-state index >= 15 is 0 Å². The summed E-state index contributed by atoms with van der Waals surface area (Å²) in [6.45, 7) is 2.19. The number of hydrogen-bond acceptors (Lipinski definition) is 1. The zero-order valence-electron chi connectivity index (χ0n) is 17.3. The average Bonchev–Trinajstić information content (AvgIpc) is 2.78. The van der Waals surface area contributed by atoms with Gasteiger partial charge in [0.1, 0.15) is 17.7 Å². The lowest BCUT2D eigenvalue weighted by atomic mass is 10.1. The van der Waals surface area contributed by atoms with Crippen molar-refractivity contribution in [3.63, 3.8) is 0 Å². The van der Waals surface area contributed by atoms with Crippen molar-refractivity contribution in [3.8, 4) is 29.8 Å². The molecular weight excluding hydrogens is 388 g/mol. The van der Waals surface area contributed by atoms with E-state index in [4.69, 9.17) is 5.26 Å². The molecule has 3 heteroatoms.